The van der Waals surface area contributed by atoms with Crippen LogP contribution < -0.4 is 20.1 Å². The average molecular weight is 393 g/mol. The fraction of sp³-hybridized carbons (Fsp3) is 0.368. The topological polar surface area (TPSA) is 89.8 Å². The number of amides is 2. The third kappa shape index (κ3) is 4.74. The number of carbonyl (C=O) groups is 2. The first-order chi connectivity index (χ1) is 12.9. The molecule has 0 saturated carbocycles. The second-order valence-corrected chi connectivity index (χ2v) is 6.62. The Balaban J connectivity index is 1.45. The number of hydrogen-bond acceptors (Lipinski definition) is 5. The van der Waals surface area contributed by atoms with Gasteiger partial charge in [-0.25, -0.2) is 0 Å². The molecule has 27 heavy (non-hydrogen) atoms. The van der Waals surface area contributed by atoms with Crippen LogP contribution in [0.3, 0.4) is 0 Å². The van der Waals surface area contributed by atoms with Crippen LogP contribution in [0.1, 0.15) is 27.4 Å². The van der Waals surface area contributed by atoms with Gasteiger partial charge < -0.3 is 24.5 Å². The number of benzene rings is 1. The smallest absolute Gasteiger partial charge is 0.255 e. The number of carbonyl (C=O) groups excluding carboxylic acids is 2. The zero-order valence-electron chi connectivity index (χ0n) is 15.2. The number of nitrogens with one attached hydrogen (secondary N) is 2. The molecule has 0 fully saturated rings. The Bertz CT molecular complexity index is 862. The van der Waals surface area contributed by atoms with Crippen molar-refractivity contribution >= 4 is 23.4 Å². The monoisotopic (exact) mass is 392 g/mol. The van der Waals surface area contributed by atoms with Gasteiger partial charge in [0.2, 0.25) is 5.91 Å². The van der Waals surface area contributed by atoms with Gasteiger partial charge in [-0.15, -0.1) is 0 Å². The minimum Gasteiger partial charge on any atom is -0.486 e. The fourth-order valence-corrected chi connectivity index (χ4v) is 3.12. The number of hydrogen-bond donors (Lipinski definition) is 2. The van der Waals surface area contributed by atoms with Crippen LogP contribution in [0.25, 0.3) is 0 Å². The lowest BCUT2D eigenvalue weighted by Crippen LogP contribution is -2.37. The summed E-state index contributed by atoms with van der Waals surface area (Å²) in [4.78, 5) is 24.0. The van der Waals surface area contributed by atoms with E-state index in [1.807, 2.05) is 6.07 Å². The van der Waals surface area contributed by atoms with Crippen molar-refractivity contribution in [2.75, 3.05) is 26.3 Å². The molecule has 1 aromatic heterocycles. The predicted octanol–water partition coefficient (Wildman–Crippen LogP) is 2.41. The van der Waals surface area contributed by atoms with Crippen molar-refractivity contribution in [3.63, 3.8) is 0 Å². The van der Waals surface area contributed by atoms with Crippen LogP contribution in [0.5, 0.6) is 11.5 Å². The molecule has 2 heterocycles. The Morgan fingerprint density at radius 2 is 1.89 bits per heavy atom. The first-order valence-corrected chi connectivity index (χ1v) is 9.02. The summed E-state index contributed by atoms with van der Waals surface area (Å²) in [6.45, 7) is 4.74. The Labute approximate surface area is 162 Å². The van der Waals surface area contributed by atoms with Crippen LogP contribution in [0.15, 0.2) is 22.6 Å². The predicted molar refractivity (Wildman–Crippen MR) is 99.7 cm³/mol. The Morgan fingerprint density at radius 1 is 1.11 bits per heavy atom. The van der Waals surface area contributed by atoms with Crippen molar-refractivity contribution in [3.05, 3.63) is 45.9 Å². The number of rotatable bonds is 6. The number of fused-ring (bicyclic) bond motifs is 1. The van der Waals surface area contributed by atoms with Crippen molar-refractivity contribution in [2.45, 2.75) is 20.3 Å². The van der Waals surface area contributed by atoms with Crippen LogP contribution >= 0.6 is 11.6 Å². The molecule has 2 amide bonds. The van der Waals surface area contributed by atoms with Gasteiger partial charge in [-0.2, -0.15) is 0 Å². The van der Waals surface area contributed by atoms with E-state index in [0.29, 0.717) is 59.8 Å². The Hall–Kier alpha value is -2.67. The van der Waals surface area contributed by atoms with Gasteiger partial charge in [-0.05, 0) is 44.0 Å². The molecule has 2 N–H and O–H groups in total. The quantitative estimate of drug-likeness (QED) is 0.788. The highest BCUT2D eigenvalue weighted by Crippen LogP contribution is 2.38. The lowest BCUT2D eigenvalue weighted by Gasteiger charge is -2.20. The second-order valence-electron chi connectivity index (χ2n) is 6.21. The summed E-state index contributed by atoms with van der Waals surface area (Å²) in [5.74, 6) is 1.75. The summed E-state index contributed by atoms with van der Waals surface area (Å²) in [5, 5.41) is 5.84. The van der Waals surface area contributed by atoms with E-state index in [9.17, 15) is 9.59 Å². The molecule has 0 radical (unpaired) electrons. The van der Waals surface area contributed by atoms with Crippen LogP contribution in [-0.2, 0) is 11.2 Å². The third-order valence-corrected chi connectivity index (χ3v) is 4.37. The SMILES string of the molecule is Cc1cc(C(=O)NCC(=O)NCCc2cc(Cl)c3c(c2)OCCO3)c(C)o1. The summed E-state index contributed by atoms with van der Waals surface area (Å²) < 4.78 is 16.3. The second kappa shape index (κ2) is 8.35. The summed E-state index contributed by atoms with van der Waals surface area (Å²) in [6.07, 6.45) is 0.579. The number of halogens is 1. The van der Waals surface area contributed by atoms with Crippen LogP contribution in [0, 0.1) is 13.8 Å². The summed E-state index contributed by atoms with van der Waals surface area (Å²) in [7, 11) is 0. The molecule has 2 aromatic rings. The van der Waals surface area contributed by atoms with E-state index in [4.69, 9.17) is 25.5 Å². The first kappa shape index (κ1) is 19.1. The van der Waals surface area contributed by atoms with Crippen LogP contribution in [0.2, 0.25) is 5.02 Å². The molecular weight excluding hydrogens is 372 g/mol. The molecule has 7 nitrogen and oxygen atoms in total. The lowest BCUT2D eigenvalue weighted by atomic mass is 10.1. The van der Waals surface area contributed by atoms with E-state index >= 15 is 0 Å². The van der Waals surface area contributed by atoms with Gasteiger partial charge in [0.25, 0.3) is 5.91 Å². The molecule has 8 heteroatoms. The van der Waals surface area contributed by atoms with E-state index in [2.05, 4.69) is 10.6 Å². The number of ether oxygens (including phenoxy) is 2. The molecule has 1 aliphatic heterocycles. The lowest BCUT2D eigenvalue weighted by molar-refractivity contribution is -0.120. The summed E-state index contributed by atoms with van der Waals surface area (Å²) >= 11 is 6.20. The highest BCUT2D eigenvalue weighted by molar-refractivity contribution is 6.32. The fourth-order valence-electron chi connectivity index (χ4n) is 2.83. The molecule has 0 bridgehead atoms. The highest BCUT2D eigenvalue weighted by Gasteiger charge is 2.17. The maximum Gasteiger partial charge on any atom is 0.255 e. The van der Waals surface area contributed by atoms with Crippen LogP contribution in [0.4, 0.5) is 0 Å². The van der Waals surface area contributed by atoms with Crippen molar-refractivity contribution in [3.8, 4) is 11.5 Å². The van der Waals surface area contributed by atoms with Crippen molar-refractivity contribution in [2.24, 2.45) is 0 Å². The molecule has 0 saturated heterocycles. The first-order valence-electron chi connectivity index (χ1n) is 8.64. The van der Waals surface area contributed by atoms with Gasteiger partial charge >= 0.3 is 0 Å². The van der Waals surface area contributed by atoms with Crippen molar-refractivity contribution < 1.29 is 23.5 Å². The molecule has 144 valence electrons. The van der Waals surface area contributed by atoms with Gasteiger partial charge in [-0.3, -0.25) is 9.59 Å². The van der Waals surface area contributed by atoms with Crippen molar-refractivity contribution in [1.29, 1.82) is 0 Å². The average Bonchev–Trinajstić information content (AvgIpc) is 2.98. The highest BCUT2D eigenvalue weighted by atomic mass is 35.5. The van der Waals surface area contributed by atoms with Crippen LogP contribution in [-0.4, -0.2) is 38.1 Å². The van der Waals surface area contributed by atoms with Gasteiger partial charge in [-0.1, -0.05) is 11.6 Å². The van der Waals surface area contributed by atoms with Gasteiger partial charge in [0.1, 0.15) is 24.7 Å². The van der Waals surface area contributed by atoms with E-state index in [1.165, 1.54) is 0 Å². The maximum atomic E-state index is 12.1. The summed E-state index contributed by atoms with van der Waals surface area (Å²) in [6, 6.07) is 5.31. The largest absolute Gasteiger partial charge is 0.486 e. The van der Waals surface area contributed by atoms with Gasteiger partial charge in [0, 0.05) is 6.54 Å². The number of aryl methyl sites for hydroxylation is 2. The normalized spacial score (nSPS) is 12.6. The zero-order chi connectivity index (χ0) is 19.4. The standard InChI is InChI=1S/C19H21ClN2O5/c1-11-7-14(12(2)27-11)19(24)22-10-17(23)21-4-3-13-8-15(20)18-16(9-13)25-5-6-26-18/h7-9H,3-6,10H2,1-2H3,(H,21,23)(H,22,24). The third-order valence-electron chi connectivity index (χ3n) is 4.09. The Morgan fingerprint density at radius 3 is 2.63 bits per heavy atom. The minimum atomic E-state index is -0.335. The molecule has 0 unspecified atom stereocenters. The molecule has 1 aliphatic rings. The Kier molecular flexibility index (Phi) is 5.91. The van der Waals surface area contributed by atoms with E-state index in [0.717, 1.165) is 5.56 Å². The summed E-state index contributed by atoms with van der Waals surface area (Å²) in [5.41, 5.74) is 1.37. The molecule has 3 rings (SSSR count). The molecular formula is C19H21ClN2O5. The van der Waals surface area contributed by atoms with Gasteiger partial charge in [0.15, 0.2) is 11.5 Å². The van der Waals surface area contributed by atoms with E-state index in [-0.39, 0.29) is 18.4 Å². The molecule has 0 spiro atoms. The molecule has 0 atom stereocenters. The number of furan rings is 1. The van der Waals surface area contributed by atoms with Crippen molar-refractivity contribution in [1.82, 2.24) is 10.6 Å². The zero-order valence-corrected chi connectivity index (χ0v) is 15.9. The maximum absolute atomic E-state index is 12.1. The molecule has 0 aliphatic carbocycles. The minimum absolute atomic E-state index is 0.107. The van der Waals surface area contributed by atoms with E-state index < -0.39 is 0 Å². The van der Waals surface area contributed by atoms with Gasteiger partial charge in [0.05, 0.1) is 17.1 Å². The molecule has 1 aromatic carbocycles. The van der Waals surface area contributed by atoms with E-state index in [1.54, 1.807) is 26.0 Å².